The fraction of sp³-hybridized carbons (Fsp3) is 0.308. The highest BCUT2D eigenvalue weighted by Gasteiger charge is 2.37. The zero-order chi connectivity index (χ0) is 26.0. The molecule has 5 rings (SSSR count). The van der Waals surface area contributed by atoms with Gasteiger partial charge in [0.1, 0.15) is 6.54 Å². The van der Waals surface area contributed by atoms with Crippen molar-refractivity contribution in [2.24, 2.45) is 0 Å². The number of fused-ring (bicyclic) bond motifs is 1. The number of ether oxygens (including phenoxy) is 2. The van der Waals surface area contributed by atoms with Crippen LogP contribution >= 0.6 is 11.3 Å². The normalized spacial score (nSPS) is 14.4. The number of halogens is 3. The van der Waals surface area contributed by atoms with E-state index >= 15 is 0 Å². The number of hydrogen-bond acceptors (Lipinski definition) is 5. The highest BCUT2D eigenvalue weighted by atomic mass is 32.1. The Morgan fingerprint density at radius 3 is 2.51 bits per heavy atom. The van der Waals surface area contributed by atoms with Gasteiger partial charge in [0.25, 0.3) is 0 Å². The summed E-state index contributed by atoms with van der Waals surface area (Å²) in [6.07, 6.45) is -3.24. The van der Waals surface area contributed by atoms with E-state index < -0.39 is 17.8 Å². The lowest BCUT2D eigenvalue weighted by atomic mass is 10.1. The molecule has 0 unspecified atom stereocenters. The number of carbonyl (C=O) groups excluding carboxylic acids is 2. The van der Waals surface area contributed by atoms with Crippen molar-refractivity contribution < 1.29 is 32.2 Å². The van der Waals surface area contributed by atoms with Crippen molar-refractivity contribution in [1.82, 2.24) is 9.80 Å². The molecular weight excluding hydrogens is 507 g/mol. The van der Waals surface area contributed by atoms with Gasteiger partial charge in [-0.05, 0) is 54.1 Å². The number of amides is 3. The number of rotatable bonds is 8. The summed E-state index contributed by atoms with van der Waals surface area (Å²) in [6, 6.07) is 13.1. The van der Waals surface area contributed by atoms with Crippen LogP contribution in [0.4, 0.5) is 23.7 Å². The molecular formula is C26H24F3N3O4S. The van der Waals surface area contributed by atoms with E-state index in [0.29, 0.717) is 30.9 Å². The number of carbonyl (C=O) groups is 2. The number of thiophene rings is 1. The Labute approximate surface area is 215 Å². The van der Waals surface area contributed by atoms with Gasteiger partial charge in [-0.2, -0.15) is 13.2 Å². The Kier molecular flexibility index (Phi) is 6.96. The van der Waals surface area contributed by atoms with Crippen LogP contribution in [0.3, 0.4) is 0 Å². The predicted molar refractivity (Wildman–Crippen MR) is 131 cm³/mol. The van der Waals surface area contributed by atoms with Gasteiger partial charge in [-0.3, -0.25) is 4.79 Å². The molecule has 1 fully saturated rings. The molecule has 2 aromatic carbocycles. The van der Waals surface area contributed by atoms with E-state index in [9.17, 15) is 22.8 Å². The Bertz CT molecular complexity index is 1280. The van der Waals surface area contributed by atoms with E-state index in [-0.39, 0.29) is 37.5 Å². The quantitative estimate of drug-likeness (QED) is 0.404. The molecule has 11 heteroatoms. The Morgan fingerprint density at radius 1 is 1.00 bits per heavy atom. The van der Waals surface area contributed by atoms with Gasteiger partial charge in [0.15, 0.2) is 11.5 Å². The summed E-state index contributed by atoms with van der Waals surface area (Å²) in [5.41, 5.74) is -0.447. The second kappa shape index (κ2) is 10.3. The molecule has 7 nitrogen and oxygen atoms in total. The first-order valence-electron chi connectivity index (χ1n) is 11.7. The number of nitrogens with zero attached hydrogens (tertiary/aromatic N) is 2. The predicted octanol–water partition coefficient (Wildman–Crippen LogP) is 5.72. The molecule has 1 N–H and O–H groups in total. The lowest BCUT2D eigenvalue weighted by Crippen LogP contribution is -2.45. The molecule has 2 aliphatic rings. The molecule has 0 radical (unpaired) electrons. The number of nitrogens with one attached hydrogen (secondary N) is 1. The standard InChI is InChI=1S/C26H24F3N3O4S/c27-26(28,29)20-5-1-2-6-21(20)30-25(34)32(18-8-9-18)15-24(33)31(14-19-4-3-11-37-19)13-17-7-10-22-23(12-17)36-16-35-22/h1-7,10-12,18H,8-9,13-16H2,(H,30,34). The zero-order valence-corrected chi connectivity index (χ0v) is 20.5. The molecule has 2 heterocycles. The minimum absolute atomic E-state index is 0.138. The van der Waals surface area contributed by atoms with Gasteiger partial charge in [0, 0.05) is 17.5 Å². The van der Waals surface area contributed by atoms with Crippen molar-refractivity contribution in [3.63, 3.8) is 0 Å². The molecule has 0 saturated heterocycles. The molecule has 3 aromatic rings. The number of anilines is 1. The molecule has 37 heavy (non-hydrogen) atoms. The lowest BCUT2D eigenvalue weighted by Gasteiger charge is -2.28. The van der Waals surface area contributed by atoms with Crippen molar-refractivity contribution in [3.8, 4) is 11.5 Å². The fourth-order valence-electron chi connectivity index (χ4n) is 4.11. The van der Waals surface area contributed by atoms with Crippen LogP contribution in [0.5, 0.6) is 11.5 Å². The molecule has 1 aliphatic heterocycles. The summed E-state index contributed by atoms with van der Waals surface area (Å²) in [6.45, 7) is 0.493. The van der Waals surface area contributed by atoms with Crippen LogP contribution in [-0.2, 0) is 24.1 Å². The first-order valence-corrected chi connectivity index (χ1v) is 12.6. The largest absolute Gasteiger partial charge is 0.454 e. The first-order chi connectivity index (χ1) is 17.8. The van der Waals surface area contributed by atoms with Gasteiger partial charge in [-0.15, -0.1) is 11.3 Å². The van der Waals surface area contributed by atoms with Crippen LogP contribution in [0.25, 0.3) is 0 Å². The second-order valence-corrected chi connectivity index (χ2v) is 9.88. The van der Waals surface area contributed by atoms with Crippen LogP contribution in [0.2, 0.25) is 0 Å². The monoisotopic (exact) mass is 531 g/mol. The molecule has 0 spiro atoms. The molecule has 1 aliphatic carbocycles. The molecule has 1 aromatic heterocycles. The van der Waals surface area contributed by atoms with Crippen LogP contribution in [-0.4, -0.2) is 41.1 Å². The van der Waals surface area contributed by atoms with Crippen molar-refractivity contribution in [1.29, 1.82) is 0 Å². The molecule has 0 bridgehead atoms. The molecule has 3 amide bonds. The number of urea groups is 1. The van der Waals surface area contributed by atoms with Crippen LogP contribution in [0, 0.1) is 0 Å². The maximum atomic E-state index is 13.5. The highest BCUT2D eigenvalue weighted by molar-refractivity contribution is 7.09. The first kappa shape index (κ1) is 24.9. The molecule has 194 valence electrons. The van der Waals surface area contributed by atoms with Crippen molar-refractivity contribution in [2.45, 2.75) is 38.1 Å². The molecule has 1 saturated carbocycles. The van der Waals surface area contributed by atoms with Gasteiger partial charge < -0.3 is 24.6 Å². The summed E-state index contributed by atoms with van der Waals surface area (Å²) in [7, 11) is 0. The van der Waals surface area contributed by atoms with E-state index in [1.165, 1.54) is 34.4 Å². The summed E-state index contributed by atoms with van der Waals surface area (Å²) in [5.74, 6) is 0.927. The van der Waals surface area contributed by atoms with Gasteiger partial charge >= 0.3 is 12.2 Å². The van der Waals surface area contributed by atoms with E-state index in [2.05, 4.69) is 5.32 Å². The molecule has 0 atom stereocenters. The Balaban J connectivity index is 1.33. The third-order valence-corrected chi connectivity index (χ3v) is 6.98. The van der Waals surface area contributed by atoms with E-state index in [4.69, 9.17) is 9.47 Å². The van der Waals surface area contributed by atoms with Gasteiger partial charge in [-0.1, -0.05) is 24.3 Å². The summed E-state index contributed by atoms with van der Waals surface area (Å²) < 4.78 is 51.1. The third kappa shape index (κ3) is 5.99. The summed E-state index contributed by atoms with van der Waals surface area (Å²) >= 11 is 1.51. The Hall–Kier alpha value is -3.73. The number of hydrogen-bond donors (Lipinski definition) is 1. The van der Waals surface area contributed by atoms with E-state index in [1.807, 2.05) is 29.6 Å². The highest BCUT2D eigenvalue weighted by Crippen LogP contribution is 2.36. The van der Waals surface area contributed by atoms with Gasteiger partial charge in [0.2, 0.25) is 12.7 Å². The van der Waals surface area contributed by atoms with Crippen LogP contribution in [0.1, 0.15) is 28.8 Å². The SMILES string of the molecule is O=C(CN(C(=O)Nc1ccccc1C(F)(F)F)C1CC1)N(Cc1ccc2c(c1)OCO2)Cc1cccs1. The third-order valence-electron chi connectivity index (χ3n) is 6.12. The second-order valence-electron chi connectivity index (χ2n) is 8.85. The topological polar surface area (TPSA) is 71.1 Å². The van der Waals surface area contributed by atoms with Crippen LogP contribution < -0.4 is 14.8 Å². The maximum absolute atomic E-state index is 13.5. The number of benzene rings is 2. The summed E-state index contributed by atoms with van der Waals surface area (Å²) in [4.78, 5) is 30.5. The minimum atomic E-state index is -4.62. The average Bonchev–Trinajstić information content (AvgIpc) is 3.36. The van der Waals surface area contributed by atoms with Crippen molar-refractivity contribution >= 4 is 29.0 Å². The van der Waals surface area contributed by atoms with Crippen LogP contribution in [0.15, 0.2) is 60.0 Å². The number of para-hydroxylation sites is 1. The van der Waals surface area contributed by atoms with E-state index in [1.54, 1.807) is 11.0 Å². The maximum Gasteiger partial charge on any atom is 0.418 e. The van der Waals surface area contributed by atoms with Gasteiger partial charge in [0.05, 0.1) is 17.8 Å². The van der Waals surface area contributed by atoms with Crippen molar-refractivity contribution in [2.75, 3.05) is 18.7 Å². The smallest absolute Gasteiger partial charge is 0.418 e. The Morgan fingerprint density at radius 2 is 1.78 bits per heavy atom. The zero-order valence-electron chi connectivity index (χ0n) is 19.7. The van der Waals surface area contributed by atoms with E-state index in [0.717, 1.165) is 16.5 Å². The minimum Gasteiger partial charge on any atom is -0.454 e. The lowest BCUT2D eigenvalue weighted by molar-refractivity contribution is -0.137. The average molecular weight is 532 g/mol. The number of alkyl halides is 3. The fourth-order valence-corrected chi connectivity index (χ4v) is 4.83. The van der Waals surface area contributed by atoms with Crippen molar-refractivity contribution in [3.05, 3.63) is 76.0 Å². The summed E-state index contributed by atoms with van der Waals surface area (Å²) in [5, 5.41) is 4.29. The van der Waals surface area contributed by atoms with Gasteiger partial charge in [-0.25, -0.2) is 4.79 Å².